The van der Waals surface area contributed by atoms with Gasteiger partial charge in [-0.25, -0.2) is 0 Å². The summed E-state index contributed by atoms with van der Waals surface area (Å²) in [4.78, 5) is 0. The summed E-state index contributed by atoms with van der Waals surface area (Å²) in [6.07, 6.45) is 3.45. The highest BCUT2D eigenvalue weighted by molar-refractivity contribution is 9.10. The molecule has 0 radical (unpaired) electrons. The van der Waals surface area contributed by atoms with Crippen LogP contribution in [0, 0.1) is 5.92 Å². The molecule has 19 heavy (non-hydrogen) atoms. The predicted octanol–water partition coefficient (Wildman–Crippen LogP) is 3.01. The van der Waals surface area contributed by atoms with Crippen LogP contribution in [0.25, 0.3) is 0 Å². The van der Waals surface area contributed by atoms with Gasteiger partial charge in [0.05, 0.1) is 18.2 Å². The summed E-state index contributed by atoms with van der Waals surface area (Å²) in [5, 5.41) is 3.44. The van der Waals surface area contributed by atoms with Gasteiger partial charge in [0.2, 0.25) is 0 Å². The van der Waals surface area contributed by atoms with Gasteiger partial charge in [-0.15, -0.1) is 0 Å². The third kappa shape index (κ3) is 3.94. The van der Waals surface area contributed by atoms with E-state index in [2.05, 4.69) is 33.4 Å². The molecule has 0 amide bonds. The Balaban J connectivity index is 2.03. The van der Waals surface area contributed by atoms with Crippen LogP contribution in [0.2, 0.25) is 0 Å². The van der Waals surface area contributed by atoms with Crippen molar-refractivity contribution in [3.63, 3.8) is 0 Å². The molecule has 106 valence electrons. The Morgan fingerprint density at radius 1 is 1.53 bits per heavy atom. The highest BCUT2D eigenvalue weighted by atomic mass is 79.9. The maximum atomic E-state index is 5.59. The number of nitrogens with one attached hydrogen (secondary N) is 1. The SMILES string of the molecule is CNC(Cc1ccc(OC)c(Br)c1)C1CCCOC1. The number of benzene rings is 1. The molecular formula is C15H22BrNO2. The first kappa shape index (κ1) is 14.8. The van der Waals surface area contributed by atoms with Gasteiger partial charge in [-0.3, -0.25) is 0 Å². The van der Waals surface area contributed by atoms with Crippen LogP contribution in [0.3, 0.4) is 0 Å². The van der Waals surface area contributed by atoms with Crippen molar-refractivity contribution in [2.45, 2.75) is 25.3 Å². The molecule has 0 aliphatic carbocycles. The first-order valence-corrected chi connectivity index (χ1v) is 7.61. The molecule has 0 aromatic heterocycles. The van der Waals surface area contributed by atoms with E-state index in [1.165, 1.54) is 18.4 Å². The lowest BCUT2D eigenvalue weighted by Crippen LogP contribution is -2.39. The number of halogens is 1. The summed E-state index contributed by atoms with van der Waals surface area (Å²) < 4.78 is 11.9. The van der Waals surface area contributed by atoms with E-state index in [0.717, 1.165) is 29.9 Å². The minimum Gasteiger partial charge on any atom is -0.496 e. The molecule has 2 atom stereocenters. The van der Waals surface area contributed by atoms with E-state index in [9.17, 15) is 0 Å². The van der Waals surface area contributed by atoms with Gasteiger partial charge in [0.25, 0.3) is 0 Å². The minimum atomic E-state index is 0.473. The van der Waals surface area contributed by atoms with Gasteiger partial charge in [-0.2, -0.15) is 0 Å². The Hall–Kier alpha value is -0.580. The van der Waals surface area contributed by atoms with Gasteiger partial charge >= 0.3 is 0 Å². The summed E-state index contributed by atoms with van der Waals surface area (Å²) in [5.74, 6) is 1.49. The summed E-state index contributed by atoms with van der Waals surface area (Å²) in [6, 6.07) is 6.77. The highest BCUT2D eigenvalue weighted by Crippen LogP contribution is 2.27. The van der Waals surface area contributed by atoms with Crippen molar-refractivity contribution in [1.29, 1.82) is 0 Å². The lowest BCUT2D eigenvalue weighted by molar-refractivity contribution is 0.0405. The van der Waals surface area contributed by atoms with Crippen LogP contribution >= 0.6 is 15.9 Å². The van der Waals surface area contributed by atoms with Crippen LogP contribution in [-0.4, -0.2) is 33.4 Å². The standard InChI is InChI=1S/C15H22BrNO2/c1-17-14(12-4-3-7-19-10-12)9-11-5-6-15(18-2)13(16)8-11/h5-6,8,12,14,17H,3-4,7,9-10H2,1-2H3. The summed E-state index contributed by atoms with van der Waals surface area (Å²) >= 11 is 3.55. The van der Waals surface area contributed by atoms with Crippen LogP contribution in [0.15, 0.2) is 22.7 Å². The molecule has 0 saturated carbocycles. The minimum absolute atomic E-state index is 0.473. The molecule has 2 unspecified atom stereocenters. The number of hydrogen-bond acceptors (Lipinski definition) is 3. The van der Waals surface area contributed by atoms with E-state index in [-0.39, 0.29) is 0 Å². The van der Waals surface area contributed by atoms with Gasteiger partial charge in [0, 0.05) is 12.6 Å². The van der Waals surface area contributed by atoms with Gasteiger partial charge in [0.1, 0.15) is 5.75 Å². The second-order valence-electron chi connectivity index (χ2n) is 5.05. The summed E-state index contributed by atoms with van der Waals surface area (Å²) in [7, 11) is 3.73. The van der Waals surface area contributed by atoms with Crippen LogP contribution < -0.4 is 10.1 Å². The molecular weight excluding hydrogens is 306 g/mol. The van der Waals surface area contributed by atoms with Gasteiger partial charge in [-0.05, 0) is 65.9 Å². The third-order valence-corrected chi connectivity index (χ3v) is 4.43. The highest BCUT2D eigenvalue weighted by Gasteiger charge is 2.23. The fraction of sp³-hybridized carbons (Fsp3) is 0.600. The zero-order chi connectivity index (χ0) is 13.7. The second-order valence-corrected chi connectivity index (χ2v) is 5.90. The van der Waals surface area contributed by atoms with Crippen LogP contribution in [-0.2, 0) is 11.2 Å². The fourth-order valence-electron chi connectivity index (χ4n) is 2.68. The van der Waals surface area contributed by atoms with E-state index < -0.39 is 0 Å². The van der Waals surface area contributed by atoms with Crippen molar-refractivity contribution < 1.29 is 9.47 Å². The second kappa shape index (κ2) is 7.27. The Morgan fingerprint density at radius 2 is 2.37 bits per heavy atom. The Labute approximate surface area is 123 Å². The molecule has 3 nitrogen and oxygen atoms in total. The lowest BCUT2D eigenvalue weighted by atomic mass is 9.89. The number of likely N-dealkylation sites (N-methyl/N-ethyl adjacent to an activating group) is 1. The van der Waals surface area contributed by atoms with Crippen LogP contribution in [0.1, 0.15) is 18.4 Å². The first-order valence-electron chi connectivity index (χ1n) is 6.82. The van der Waals surface area contributed by atoms with Crippen molar-refractivity contribution in [3.8, 4) is 5.75 Å². The molecule has 1 heterocycles. The Morgan fingerprint density at radius 3 is 2.95 bits per heavy atom. The van der Waals surface area contributed by atoms with Crippen LogP contribution in [0.5, 0.6) is 5.75 Å². The Bertz CT molecular complexity index is 405. The zero-order valence-corrected chi connectivity index (χ0v) is 13.2. The zero-order valence-electron chi connectivity index (χ0n) is 11.6. The van der Waals surface area contributed by atoms with E-state index in [0.29, 0.717) is 12.0 Å². The average Bonchev–Trinajstić information content (AvgIpc) is 2.46. The topological polar surface area (TPSA) is 30.5 Å². The monoisotopic (exact) mass is 327 g/mol. The molecule has 1 aliphatic heterocycles. The summed E-state index contributed by atoms with van der Waals surface area (Å²) in [6.45, 7) is 1.80. The molecule has 0 bridgehead atoms. The molecule has 1 aromatic rings. The smallest absolute Gasteiger partial charge is 0.133 e. The van der Waals surface area contributed by atoms with Crippen molar-refractivity contribution in [2.24, 2.45) is 5.92 Å². The molecule has 1 fully saturated rings. The molecule has 0 spiro atoms. The van der Waals surface area contributed by atoms with Gasteiger partial charge < -0.3 is 14.8 Å². The van der Waals surface area contributed by atoms with E-state index in [4.69, 9.17) is 9.47 Å². The lowest BCUT2D eigenvalue weighted by Gasteiger charge is -2.30. The molecule has 1 aliphatic rings. The molecule has 1 aromatic carbocycles. The Kier molecular flexibility index (Phi) is 5.67. The average molecular weight is 328 g/mol. The molecule has 1 saturated heterocycles. The maximum absolute atomic E-state index is 5.59. The summed E-state index contributed by atoms with van der Waals surface area (Å²) in [5.41, 5.74) is 1.32. The maximum Gasteiger partial charge on any atom is 0.133 e. The molecule has 2 rings (SSSR count). The van der Waals surface area contributed by atoms with E-state index >= 15 is 0 Å². The third-order valence-electron chi connectivity index (χ3n) is 3.81. The number of hydrogen-bond donors (Lipinski definition) is 1. The van der Waals surface area contributed by atoms with E-state index in [1.807, 2.05) is 13.1 Å². The molecule has 4 heteroatoms. The number of methoxy groups -OCH3 is 1. The van der Waals surface area contributed by atoms with Crippen LogP contribution in [0.4, 0.5) is 0 Å². The van der Waals surface area contributed by atoms with Crippen molar-refractivity contribution in [2.75, 3.05) is 27.4 Å². The number of rotatable bonds is 5. The van der Waals surface area contributed by atoms with Crippen molar-refractivity contribution in [3.05, 3.63) is 28.2 Å². The van der Waals surface area contributed by atoms with Crippen molar-refractivity contribution in [1.82, 2.24) is 5.32 Å². The van der Waals surface area contributed by atoms with Crippen molar-refractivity contribution >= 4 is 15.9 Å². The van der Waals surface area contributed by atoms with Gasteiger partial charge in [0.15, 0.2) is 0 Å². The first-order chi connectivity index (χ1) is 9.24. The fourth-order valence-corrected chi connectivity index (χ4v) is 3.27. The van der Waals surface area contributed by atoms with E-state index in [1.54, 1.807) is 7.11 Å². The van der Waals surface area contributed by atoms with Gasteiger partial charge in [-0.1, -0.05) is 6.07 Å². The quantitative estimate of drug-likeness (QED) is 0.901. The largest absolute Gasteiger partial charge is 0.496 e. The number of ether oxygens (including phenoxy) is 2. The molecule has 1 N–H and O–H groups in total. The normalized spacial score (nSPS) is 21.1. The predicted molar refractivity (Wildman–Crippen MR) is 80.8 cm³/mol.